The normalized spacial score (nSPS) is 12.2. The number of thioether (sulfide) groups is 1. The van der Waals surface area contributed by atoms with Crippen LogP contribution >= 0.6 is 35.0 Å². The maximum atomic E-state index is 6.21. The molecule has 0 aliphatic rings. The molecule has 0 aliphatic heterocycles. The van der Waals surface area contributed by atoms with Gasteiger partial charge in [-0.15, -0.1) is 10.2 Å². The van der Waals surface area contributed by atoms with E-state index in [0.29, 0.717) is 15.8 Å². The highest BCUT2D eigenvalue weighted by Gasteiger charge is 2.19. The van der Waals surface area contributed by atoms with Crippen molar-refractivity contribution in [2.75, 3.05) is 0 Å². The predicted molar refractivity (Wildman–Crippen MR) is 112 cm³/mol. The van der Waals surface area contributed by atoms with E-state index >= 15 is 0 Å². The van der Waals surface area contributed by atoms with Gasteiger partial charge in [0.15, 0.2) is 17.1 Å². The van der Waals surface area contributed by atoms with Crippen molar-refractivity contribution in [1.82, 2.24) is 14.8 Å². The molecule has 0 amide bonds. The van der Waals surface area contributed by atoms with Crippen LogP contribution < -0.4 is 4.74 Å². The molecule has 27 heavy (non-hydrogen) atoms. The molecule has 7 heteroatoms. The molecule has 1 atom stereocenters. The van der Waals surface area contributed by atoms with E-state index in [-0.39, 0.29) is 6.10 Å². The van der Waals surface area contributed by atoms with Crippen LogP contribution in [-0.2, 0) is 12.3 Å². The molecule has 0 bridgehead atoms. The average molecular weight is 422 g/mol. The minimum Gasteiger partial charge on any atom is -0.481 e. The van der Waals surface area contributed by atoms with Crippen molar-refractivity contribution >= 4 is 35.0 Å². The summed E-state index contributed by atoms with van der Waals surface area (Å²) in [5.74, 6) is 2.19. The number of nitrogens with zero attached hydrogens (tertiary/aromatic N) is 3. The van der Waals surface area contributed by atoms with Gasteiger partial charge in [0, 0.05) is 17.3 Å². The van der Waals surface area contributed by atoms with Crippen molar-refractivity contribution in [3.05, 3.63) is 69.5 Å². The number of hydrogen-bond donors (Lipinski definition) is 0. The summed E-state index contributed by atoms with van der Waals surface area (Å²) >= 11 is 13.8. The van der Waals surface area contributed by atoms with E-state index in [1.807, 2.05) is 6.92 Å². The van der Waals surface area contributed by atoms with Crippen LogP contribution in [-0.4, -0.2) is 14.8 Å². The van der Waals surface area contributed by atoms with E-state index in [4.69, 9.17) is 27.9 Å². The first kappa shape index (κ1) is 20.1. The van der Waals surface area contributed by atoms with Gasteiger partial charge in [-0.2, -0.15) is 0 Å². The summed E-state index contributed by atoms with van der Waals surface area (Å²) in [5.41, 5.74) is 2.52. The Hall–Kier alpha value is -1.69. The van der Waals surface area contributed by atoms with Crippen LogP contribution in [0, 0.1) is 6.92 Å². The van der Waals surface area contributed by atoms with Crippen LogP contribution in [0.25, 0.3) is 0 Å². The lowest BCUT2D eigenvalue weighted by Crippen LogP contribution is -2.12. The number of aromatic nitrogens is 3. The summed E-state index contributed by atoms with van der Waals surface area (Å²) < 4.78 is 8.07. The van der Waals surface area contributed by atoms with Crippen LogP contribution in [0.15, 0.2) is 47.6 Å². The molecule has 1 heterocycles. The summed E-state index contributed by atoms with van der Waals surface area (Å²) in [6.45, 7) is 6.87. The Morgan fingerprint density at radius 3 is 2.52 bits per heavy atom. The summed E-state index contributed by atoms with van der Waals surface area (Å²) in [6.07, 6.45) is -0.287. The maximum Gasteiger partial charge on any atom is 0.191 e. The Kier molecular flexibility index (Phi) is 6.68. The lowest BCUT2D eigenvalue weighted by atomic mass is 10.2. The second-order valence-electron chi connectivity index (χ2n) is 6.19. The van der Waals surface area contributed by atoms with Gasteiger partial charge in [-0.1, -0.05) is 64.8 Å². The van der Waals surface area contributed by atoms with E-state index in [9.17, 15) is 0 Å². The fourth-order valence-corrected chi connectivity index (χ4v) is 4.07. The number of hydrogen-bond acceptors (Lipinski definition) is 4. The van der Waals surface area contributed by atoms with E-state index in [1.54, 1.807) is 30.0 Å². The molecule has 0 N–H and O–H groups in total. The van der Waals surface area contributed by atoms with Crippen molar-refractivity contribution in [3.63, 3.8) is 0 Å². The first-order valence-electron chi connectivity index (χ1n) is 8.71. The van der Waals surface area contributed by atoms with Gasteiger partial charge in [0.25, 0.3) is 0 Å². The monoisotopic (exact) mass is 421 g/mol. The lowest BCUT2D eigenvalue weighted by Gasteiger charge is -2.16. The van der Waals surface area contributed by atoms with Crippen molar-refractivity contribution in [2.45, 2.75) is 44.3 Å². The summed E-state index contributed by atoms with van der Waals surface area (Å²) in [5, 5.41) is 10.6. The maximum absolute atomic E-state index is 6.21. The number of rotatable bonds is 7. The molecule has 1 aromatic heterocycles. The minimum atomic E-state index is -0.287. The van der Waals surface area contributed by atoms with E-state index in [1.165, 1.54) is 11.1 Å². The van der Waals surface area contributed by atoms with Crippen molar-refractivity contribution in [2.24, 2.45) is 0 Å². The van der Waals surface area contributed by atoms with Crippen LogP contribution in [0.4, 0.5) is 0 Å². The van der Waals surface area contributed by atoms with E-state index < -0.39 is 0 Å². The molecule has 0 fully saturated rings. The highest BCUT2D eigenvalue weighted by molar-refractivity contribution is 7.98. The van der Waals surface area contributed by atoms with E-state index in [0.717, 1.165) is 23.3 Å². The Balaban J connectivity index is 1.73. The number of benzene rings is 2. The van der Waals surface area contributed by atoms with Crippen LogP contribution in [0.3, 0.4) is 0 Å². The fourth-order valence-electron chi connectivity index (χ4n) is 2.65. The molecule has 0 saturated heterocycles. The van der Waals surface area contributed by atoms with Gasteiger partial charge in [-0.25, -0.2) is 0 Å². The van der Waals surface area contributed by atoms with Gasteiger partial charge < -0.3 is 9.30 Å². The number of ether oxygens (including phenoxy) is 1. The molecule has 0 spiro atoms. The van der Waals surface area contributed by atoms with Gasteiger partial charge in [0.1, 0.15) is 5.75 Å². The van der Waals surface area contributed by atoms with Gasteiger partial charge in [0.05, 0.1) is 5.02 Å². The molecule has 2 aromatic carbocycles. The zero-order valence-electron chi connectivity index (χ0n) is 15.4. The molecular formula is C20H21Cl2N3OS. The molecule has 4 nitrogen and oxygen atoms in total. The molecule has 142 valence electrons. The first-order chi connectivity index (χ1) is 13.0. The summed E-state index contributed by atoms with van der Waals surface area (Å²) in [7, 11) is 0. The largest absolute Gasteiger partial charge is 0.481 e. The standard InChI is InChI=1S/C20H21Cl2N3OS/c1-4-25-19(14(3)26-18-10-9-16(21)11-17(18)22)23-24-20(25)27-12-15-7-5-13(2)6-8-15/h5-11,14H,4,12H2,1-3H3. The Labute approximate surface area is 173 Å². The molecule has 0 saturated carbocycles. The third-order valence-corrected chi connectivity index (χ3v) is 5.68. The molecule has 3 rings (SSSR count). The second kappa shape index (κ2) is 9.00. The fraction of sp³-hybridized carbons (Fsp3) is 0.300. The highest BCUT2D eigenvalue weighted by Crippen LogP contribution is 2.32. The number of halogens is 2. The highest BCUT2D eigenvalue weighted by atomic mass is 35.5. The quantitative estimate of drug-likeness (QED) is 0.416. The zero-order chi connectivity index (χ0) is 19.4. The van der Waals surface area contributed by atoms with Gasteiger partial charge >= 0.3 is 0 Å². The SMILES string of the molecule is CCn1c(SCc2ccc(C)cc2)nnc1C(C)Oc1ccc(Cl)cc1Cl. The Bertz CT molecular complexity index is 912. The van der Waals surface area contributed by atoms with Gasteiger partial charge in [-0.05, 0) is 44.5 Å². The van der Waals surface area contributed by atoms with Crippen molar-refractivity contribution in [1.29, 1.82) is 0 Å². The van der Waals surface area contributed by atoms with Gasteiger partial charge in [0.2, 0.25) is 0 Å². The predicted octanol–water partition coefficient (Wildman–Crippen LogP) is 6.35. The molecule has 1 unspecified atom stereocenters. The van der Waals surface area contributed by atoms with Crippen molar-refractivity contribution < 1.29 is 4.74 Å². The van der Waals surface area contributed by atoms with Crippen LogP contribution in [0.1, 0.15) is 36.9 Å². The van der Waals surface area contributed by atoms with E-state index in [2.05, 4.69) is 52.9 Å². The number of aryl methyl sites for hydroxylation is 1. The Morgan fingerprint density at radius 2 is 1.85 bits per heavy atom. The third kappa shape index (κ3) is 4.98. The van der Waals surface area contributed by atoms with Gasteiger partial charge in [-0.3, -0.25) is 0 Å². The molecule has 0 aliphatic carbocycles. The molecule has 3 aromatic rings. The lowest BCUT2D eigenvalue weighted by molar-refractivity contribution is 0.210. The summed E-state index contributed by atoms with van der Waals surface area (Å²) in [4.78, 5) is 0. The first-order valence-corrected chi connectivity index (χ1v) is 10.4. The minimum absolute atomic E-state index is 0.287. The summed E-state index contributed by atoms with van der Waals surface area (Å²) in [6, 6.07) is 13.7. The molecule has 0 radical (unpaired) electrons. The Morgan fingerprint density at radius 1 is 1.11 bits per heavy atom. The van der Waals surface area contributed by atoms with Crippen LogP contribution in [0.2, 0.25) is 10.0 Å². The zero-order valence-corrected chi connectivity index (χ0v) is 17.8. The van der Waals surface area contributed by atoms with Crippen molar-refractivity contribution in [3.8, 4) is 5.75 Å². The topological polar surface area (TPSA) is 39.9 Å². The third-order valence-electron chi connectivity index (χ3n) is 4.11. The van der Waals surface area contributed by atoms with Crippen LogP contribution in [0.5, 0.6) is 5.75 Å². The molecular weight excluding hydrogens is 401 g/mol. The average Bonchev–Trinajstić information content (AvgIpc) is 3.06. The second-order valence-corrected chi connectivity index (χ2v) is 7.98. The smallest absolute Gasteiger partial charge is 0.191 e.